The molecule has 0 atom stereocenters. The van der Waals surface area contributed by atoms with E-state index in [2.05, 4.69) is 20.8 Å². The zero-order valence-electron chi connectivity index (χ0n) is 13.0. The first-order chi connectivity index (χ1) is 11.2. The highest BCUT2D eigenvalue weighted by Gasteiger charge is 2.21. The van der Waals surface area contributed by atoms with Crippen LogP contribution in [0.3, 0.4) is 0 Å². The third-order valence-corrected chi connectivity index (χ3v) is 4.71. The van der Waals surface area contributed by atoms with Crippen LogP contribution in [0.2, 0.25) is 0 Å². The van der Waals surface area contributed by atoms with Crippen LogP contribution in [0, 0.1) is 0 Å². The van der Waals surface area contributed by atoms with E-state index in [1.165, 1.54) is 0 Å². The van der Waals surface area contributed by atoms with Crippen molar-refractivity contribution in [3.05, 3.63) is 53.0 Å². The van der Waals surface area contributed by atoms with Crippen molar-refractivity contribution in [1.29, 1.82) is 0 Å². The number of hydrogen-bond acceptors (Lipinski definition) is 3. The number of benzene rings is 2. The maximum atomic E-state index is 9.95. The van der Waals surface area contributed by atoms with Gasteiger partial charge in [-0.25, -0.2) is 0 Å². The number of nitrogens with zero attached hydrogens (tertiary/aromatic N) is 1. The summed E-state index contributed by atoms with van der Waals surface area (Å²) in [6, 6.07) is 15.5. The zero-order valence-corrected chi connectivity index (χ0v) is 14.6. The number of rotatable bonds is 5. The minimum absolute atomic E-state index is 0.369. The lowest BCUT2D eigenvalue weighted by Crippen LogP contribution is -3.15. The number of hydrogen-bond donors (Lipinski definition) is 2. The van der Waals surface area contributed by atoms with Crippen LogP contribution < -0.4 is 14.5 Å². The van der Waals surface area contributed by atoms with Crippen LogP contribution >= 0.6 is 15.9 Å². The molecule has 122 valence electrons. The molecule has 23 heavy (non-hydrogen) atoms. The molecule has 3 rings (SSSR count). The summed E-state index contributed by atoms with van der Waals surface area (Å²) in [5.41, 5.74) is 0.942. The van der Waals surface area contributed by atoms with Gasteiger partial charge in [-0.1, -0.05) is 34.1 Å². The molecule has 2 N–H and O–H groups in total. The molecule has 0 bridgehead atoms. The van der Waals surface area contributed by atoms with Gasteiger partial charge >= 0.3 is 0 Å². The number of para-hydroxylation sites is 2. The molecule has 2 aromatic rings. The molecule has 0 unspecified atom stereocenters. The Morgan fingerprint density at radius 1 is 1.09 bits per heavy atom. The summed E-state index contributed by atoms with van der Waals surface area (Å²) in [5, 5.41) is 9.95. The third-order valence-electron chi connectivity index (χ3n) is 4.21. The summed E-state index contributed by atoms with van der Waals surface area (Å²) < 4.78 is 6.86. The van der Waals surface area contributed by atoms with Gasteiger partial charge in [0.15, 0.2) is 0 Å². The molecule has 2 aromatic carbocycles. The van der Waals surface area contributed by atoms with Gasteiger partial charge < -0.3 is 19.6 Å². The highest BCUT2D eigenvalue weighted by atomic mass is 79.9. The molecule has 0 amide bonds. The molecule has 5 heteroatoms. The van der Waals surface area contributed by atoms with Gasteiger partial charge in [0.2, 0.25) is 0 Å². The van der Waals surface area contributed by atoms with E-state index >= 15 is 0 Å². The van der Waals surface area contributed by atoms with Gasteiger partial charge in [0.1, 0.15) is 24.7 Å². The van der Waals surface area contributed by atoms with Gasteiger partial charge in [0, 0.05) is 4.47 Å². The fourth-order valence-electron chi connectivity index (χ4n) is 2.92. The van der Waals surface area contributed by atoms with E-state index in [9.17, 15) is 5.11 Å². The number of ether oxygens (including phenoxy) is 1. The van der Waals surface area contributed by atoms with Gasteiger partial charge in [-0.15, -0.1) is 0 Å². The number of aromatic hydroxyl groups is 1. The minimum Gasteiger partial charge on any atom is -0.506 e. The van der Waals surface area contributed by atoms with Crippen molar-refractivity contribution < 1.29 is 14.7 Å². The lowest BCUT2D eigenvalue weighted by Gasteiger charge is -2.33. The first-order valence-electron chi connectivity index (χ1n) is 7.97. The SMILES string of the molecule is Oc1ccccc1N1CC[NH+](CCOc2cccc(Br)c2)CC1. The lowest BCUT2D eigenvalue weighted by atomic mass is 10.2. The Balaban J connectivity index is 1.44. The monoisotopic (exact) mass is 377 g/mol. The maximum Gasteiger partial charge on any atom is 0.138 e. The molecule has 1 saturated heterocycles. The average molecular weight is 378 g/mol. The van der Waals surface area contributed by atoms with Crippen LogP contribution in [0.4, 0.5) is 5.69 Å². The zero-order chi connectivity index (χ0) is 16.1. The van der Waals surface area contributed by atoms with Crippen molar-refractivity contribution in [1.82, 2.24) is 0 Å². The van der Waals surface area contributed by atoms with Crippen molar-refractivity contribution in [3.8, 4) is 11.5 Å². The molecule has 4 nitrogen and oxygen atoms in total. The Morgan fingerprint density at radius 3 is 2.61 bits per heavy atom. The van der Waals surface area contributed by atoms with Gasteiger partial charge in [0.25, 0.3) is 0 Å². The van der Waals surface area contributed by atoms with Crippen LogP contribution in [0.15, 0.2) is 53.0 Å². The highest BCUT2D eigenvalue weighted by molar-refractivity contribution is 9.10. The highest BCUT2D eigenvalue weighted by Crippen LogP contribution is 2.25. The number of phenolic OH excluding ortho intramolecular Hbond substituents is 1. The first-order valence-corrected chi connectivity index (χ1v) is 8.76. The number of halogens is 1. The predicted octanol–water partition coefficient (Wildman–Crippen LogP) is 1.94. The lowest BCUT2D eigenvalue weighted by molar-refractivity contribution is -0.900. The Hall–Kier alpha value is -1.72. The van der Waals surface area contributed by atoms with Crippen LogP contribution in [-0.4, -0.2) is 44.4 Å². The van der Waals surface area contributed by atoms with Crippen LogP contribution in [0.25, 0.3) is 0 Å². The molecule has 0 spiro atoms. The van der Waals surface area contributed by atoms with Gasteiger partial charge in [0.05, 0.1) is 31.9 Å². The van der Waals surface area contributed by atoms with Crippen molar-refractivity contribution in [3.63, 3.8) is 0 Å². The molecule has 0 saturated carbocycles. The number of nitrogens with one attached hydrogen (secondary N) is 1. The average Bonchev–Trinajstić information content (AvgIpc) is 2.56. The third kappa shape index (κ3) is 4.39. The first kappa shape index (κ1) is 16.1. The summed E-state index contributed by atoms with van der Waals surface area (Å²) in [6.45, 7) is 5.78. The van der Waals surface area contributed by atoms with Crippen molar-refractivity contribution in [2.24, 2.45) is 0 Å². The molecular weight excluding hydrogens is 356 g/mol. The van der Waals surface area contributed by atoms with Gasteiger partial charge in [-0.2, -0.15) is 0 Å². The summed E-state index contributed by atoms with van der Waals surface area (Å²) in [5.74, 6) is 1.28. The summed E-state index contributed by atoms with van der Waals surface area (Å²) >= 11 is 3.45. The quantitative estimate of drug-likeness (QED) is 0.835. The Morgan fingerprint density at radius 2 is 1.87 bits per heavy atom. The van der Waals surface area contributed by atoms with Gasteiger partial charge in [-0.3, -0.25) is 0 Å². The van der Waals surface area contributed by atoms with Crippen LogP contribution in [0.1, 0.15) is 0 Å². The van der Waals surface area contributed by atoms with Gasteiger partial charge in [-0.05, 0) is 30.3 Å². The topological polar surface area (TPSA) is 37.1 Å². The molecular formula is C18H22BrN2O2+. The second-order valence-electron chi connectivity index (χ2n) is 5.78. The molecule has 0 radical (unpaired) electrons. The standard InChI is InChI=1S/C18H21BrN2O2/c19-15-4-3-5-16(14-15)23-13-12-20-8-10-21(11-9-20)17-6-1-2-7-18(17)22/h1-7,14,22H,8-13H2/p+1. The van der Waals surface area contributed by atoms with E-state index in [0.29, 0.717) is 5.75 Å². The number of anilines is 1. The fourth-order valence-corrected chi connectivity index (χ4v) is 3.29. The molecule has 0 aromatic heterocycles. The van der Waals surface area contributed by atoms with Crippen LogP contribution in [-0.2, 0) is 0 Å². The smallest absolute Gasteiger partial charge is 0.138 e. The molecule has 1 aliphatic rings. The molecule has 0 aliphatic carbocycles. The maximum absolute atomic E-state index is 9.95. The van der Waals surface area contributed by atoms with E-state index < -0.39 is 0 Å². The van der Waals surface area contributed by atoms with E-state index in [-0.39, 0.29) is 0 Å². The Bertz CT molecular complexity index is 642. The van der Waals surface area contributed by atoms with Crippen LogP contribution in [0.5, 0.6) is 11.5 Å². The van der Waals surface area contributed by atoms with Crippen molar-refractivity contribution in [2.45, 2.75) is 0 Å². The van der Waals surface area contributed by atoms with Crippen molar-refractivity contribution in [2.75, 3.05) is 44.2 Å². The summed E-state index contributed by atoms with van der Waals surface area (Å²) in [4.78, 5) is 3.81. The number of piperazine rings is 1. The molecule has 1 heterocycles. The minimum atomic E-state index is 0.369. The molecule has 1 aliphatic heterocycles. The fraction of sp³-hybridized carbons (Fsp3) is 0.333. The number of quaternary nitrogens is 1. The Kier molecular flexibility index (Phi) is 5.41. The van der Waals surface area contributed by atoms with Crippen molar-refractivity contribution >= 4 is 21.6 Å². The normalized spacial score (nSPS) is 15.6. The van der Waals surface area contributed by atoms with E-state index in [1.54, 1.807) is 11.0 Å². The summed E-state index contributed by atoms with van der Waals surface area (Å²) in [6.07, 6.45) is 0. The Labute approximate surface area is 145 Å². The molecule has 1 fully saturated rings. The second kappa shape index (κ2) is 7.70. The second-order valence-corrected chi connectivity index (χ2v) is 6.70. The number of phenols is 1. The van der Waals surface area contributed by atoms with E-state index in [0.717, 1.165) is 55.2 Å². The largest absolute Gasteiger partial charge is 0.506 e. The van der Waals surface area contributed by atoms with E-state index in [1.807, 2.05) is 42.5 Å². The predicted molar refractivity (Wildman–Crippen MR) is 95.5 cm³/mol. The summed E-state index contributed by atoms with van der Waals surface area (Å²) in [7, 11) is 0. The van der Waals surface area contributed by atoms with E-state index in [4.69, 9.17) is 4.74 Å².